The molecule has 0 amide bonds. The summed E-state index contributed by atoms with van der Waals surface area (Å²) in [5, 5.41) is 28.6. The van der Waals surface area contributed by atoms with Crippen LogP contribution in [0.1, 0.15) is 66.9 Å². The number of rotatable bonds is 6. The topological polar surface area (TPSA) is 125 Å². The second kappa shape index (κ2) is 11.0. The number of nitriles is 2. The highest BCUT2D eigenvalue weighted by molar-refractivity contribution is 6.74. The van der Waals surface area contributed by atoms with E-state index in [0.29, 0.717) is 46.9 Å². The van der Waals surface area contributed by atoms with Crippen LogP contribution in [0.5, 0.6) is 0 Å². The van der Waals surface area contributed by atoms with Crippen molar-refractivity contribution in [1.82, 2.24) is 9.78 Å². The Morgan fingerprint density at radius 1 is 1.15 bits per heavy atom. The Bertz CT molecular complexity index is 1410. The van der Waals surface area contributed by atoms with Crippen LogP contribution in [-0.2, 0) is 9.16 Å². The minimum atomic E-state index is -1.92. The molecule has 0 saturated carbocycles. The van der Waals surface area contributed by atoms with Crippen LogP contribution in [0.25, 0.3) is 10.9 Å². The van der Waals surface area contributed by atoms with Crippen molar-refractivity contribution in [3.63, 3.8) is 0 Å². The van der Waals surface area contributed by atoms with E-state index in [1.165, 1.54) is 4.68 Å². The zero-order valence-corrected chi connectivity index (χ0v) is 25.8. The van der Waals surface area contributed by atoms with Crippen LogP contribution in [0.3, 0.4) is 0 Å². The molecule has 0 radical (unpaired) electrons. The number of nitrogens with zero attached hydrogens (tertiary/aromatic N) is 5. The second-order valence-electron chi connectivity index (χ2n) is 12.5. The number of anilines is 1. The Morgan fingerprint density at radius 2 is 1.82 bits per heavy atom. The molecule has 1 aromatic carbocycles. The largest absolute Gasteiger partial charge is 0.442 e. The number of fused-ring (bicyclic) bond motifs is 1. The lowest BCUT2D eigenvalue weighted by Gasteiger charge is -2.36. The maximum Gasteiger partial charge on any atom is 0.435 e. The van der Waals surface area contributed by atoms with Crippen molar-refractivity contribution in [3.05, 3.63) is 35.0 Å². The molecular weight excluding hydrogens is 508 g/mol. The average molecular weight is 549 g/mol. The van der Waals surface area contributed by atoms with E-state index in [1.54, 1.807) is 33.8 Å². The zero-order valence-electron chi connectivity index (χ0n) is 24.8. The Kier molecular flexibility index (Phi) is 8.45. The van der Waals surface area contributed by atoms with Crippen LogP contribution in [0.4, 0.5) is 10.6 Å². The van der Waals surface area contributed by atoms with Gasteiger partial charge in [-0.05, 0) is 70.4 Å². The highest BCUT2D eigenvalue weighted by Crippen LogP contribution is 2.40. The number of carbonyl (C=O) groups excluding carboxylic acids is 1. The maximum absolute atomic E-state index is 13.1. The summed E-state index contributed by atoms with van der Waals surface area (Å²) in [5.41, 5.74) is 2.39. The molecule has 2 heterocycles. The lowest BCUT2D eigenvalue weighted by atomic mass is 9.76. The lowest BCUT2D eigenvalue weighted by Crippen LogP contribution is -2.41. The molecule has 1 N–H and O–H groups in total. The van der Waals surface area contributed by atoms with Crippen molar-refractivity contribution in [2.45, 2.75) is 85.0 Å². The molecule has 10 heteroatoms. The fourth-order valence-electron chi connectivity index (χ4n) is 4.30. The minimum absolute atomic E-state index is 0.0930. The SMILES string of the molecule is CC1=NC(C)=C(C#N)C(c2ccc3c(c2)c(NCCO[Si](C)(C)C(C)(C)C)nn3C(=O)OC(C)(C)C)C1C#N. The highest BCUT2D eigenvalue weighted by Gasteiger charge is 2.37. The number of aromatic nitrogens is 2. The molecule has 3 rings (SSSR count). The van der Waals surface area contributed by atoms with E-state index in [-0.39, 0.29) is 5.04 Å². The summed E-state index contributed by atoms with van der Waals surface area (Å²) in [5.74, 6) is -0.539. The van der Waals surface area contributed by atoms with Crippen LogP contribution in [0.15, 0.2) is 34.5 Å². The molecular formula is C29H40N6O3Si. The molecule has 2 unspecified atom stereocenters. The number of hydrogen-bond donors (Lipinski definition) is 1. The summed E-state index contributed by atoms with van der Waals surface area (Å²) in [7, 11) is -1.92. The predicted molar refractivity (Wildman–Crippen MR) is 156 cm³/mol. The van der Waals surface area contributed by atoms with Gasteiger partial charge in [-0.3, -0.25) is 4.99 Å². The van der Waals surface area contributed by atoms with Crippen molar-refractivity contribution in [2.24, 2.45) is 10.9 Å². The van der Waals surface area contributed by atoms with Gasteiger partial charge in [0.1, 0.15) is 5.60 Å². The molecule has 1 aromatic heterocycles. The third kappa shape index (κ3) is 6.40. The number of hydrogen-bond acceptors (Lipinski definition) is 8. The molecule has 9 nitrogen and oxygen atoms in total. The predicted octanol–water partition coefficient (Wildman–Crippen LogP) is 6.75. The third-order valence-corrected chi connectivity index (χ3v) is 11.9. The van der Waals surface area contributed by atoms with E-state index >= 15 is 0 Å². The third-order valence-electron chi connectivity index (χ3n) is 7.38. The van der Waals surface area contributed by atoms with Crippen LogP contribution in [-0.4, -0.2) is 48.7 Å². The van der Waals surface area contributed by atoms with Crippen molar-refractivity contribution in [3.8, 4) is 12.1 Å². The molecule has 39 heavy (non-hydrogen) atoms. The number of aliphatic imine (C=N–C) groups is 1. The summed E-state index contributed by atoms with van der Waals surface area (Å²) in [4.78, 5) is 17.5. The van der Waals surface area contributed by atoms with E-state index in [9.17, 15) is 15.3 Å². The van der Waals surface area contributed by atoms with Crippen molar-refractivity contribution >= 4 is 36.8 Å². The van der Waals surface area contributed by atoms with Crippen molar-refractivity contribution in [2.75, 3.05) is 18.5 Å². The summed E-state index contributed by atoms with van der Waals surface area (Å²) in [6, 6.07) is 10.1. The summed E-state index contributed by atoms with van der Waals surface area (Å²) < 4.78 is 13.2. The van der Waals surface area contributed by atoms with Gasteiger partial charge in [-0.25, -0.2) is 4.79 Å². The van der Waals surface area contributed by atoms with Crippen LogP contribution in [0, 0.1) is 28.6 Å². The number of ether oxygens (including phenoxy) is 1. The number of allylic oxidation sites excluding steroid dienone is 2. The lowest BCUT2D eigenvalue weighted by molar-refractivity contribution is 0.0523. The van der Waals surface area contributed by atoms with Crippen LogP contribution in [0.2, 0.25) is 18.1 Å². The normalized spacial score (nSPS) is 18.4. The zero-order chi connectivity index (χ0) is 29.3. The van der Waals surface area contributed by atoms with E-state index < -0.39 is 31.8 Å². The maximum atomic E-state index is 13.1. The molecule has 0 saturated heterocycles. The first-order chi connectivity index (χ1) is 18.0. The Labute approximate surface area is 232 Å². The fourth-order valence-corrected chi connectivity index (χ4v) is 5.35. The number of nitrogens with one attached hydrogen (secondary N) is 1. The highest BCUT2D eigenvalue weighted by atomic mass is 28.4. The Balaban J connectivity index is 2.04. The van der Waals surface area contributed by atoms with Gasteiger partial charge < -0.3 is 14.5 Å². The van der Waals surface area contributed by atoms with E-state index in [2.05, 4.69) is 61.4 Å². The Hall–Kier alpha value is -3.47. The van der Waals surface area contributed by atoms with E-state index in [0.717, 1.165) is 5.56 Å². The van der Waals surface area contributed by atoms with Crippen molar-refractivity contribution < 1.29 is 14.0 Å². The smallest absolute Gasteiger partial charge is 0.435 e. The van der Waals surface area contributed by atoms with Gasteiger partial charge in [0.15, 0.2) is 14.1 Å². The molecule has 0 fully saturated rings. The molecule has 1 aliphatic heterocycles. The molecule has 0 spiro atoms. The average Bonchev–Trinajstić information content (AvgIpc) is 3.17. The standard InChI is InChI=1S/C29H40N6O3Si/c1-18-22(16-30)25(23(17-31)19(2)33-18)20-11-12-24-21(15-20)26(34-35(24)27(36)38-28(3,4)5)32-13-14-37-39(9,10)29(6,7)8/h11-12,15,22,25H,13-14H2,1-10H3,(H,32,34). The first kappa shape index (κ1) is 30.1. The summed E-state index contributed by atoms with van der Waals surface area (Å²) >= 11 is 0. The molecule has 2 aromatic rings. The molecule has 2 atom stereocenters. The number of carbonyl (C=O) groups is 1. The molecule has 0 aliphatic carbocycles. The van der Waals surface area contributed by atoms with Crippen molar-refractivity contribution in [1.29, 1.82) is 10.5 Å². The van der Waals surface area contributed by atoms with E-state index in [1.807, 2.05) is 19.1 Å². The van der Waals surface area contributed by atoms with Gasteiger partial charge in [0.05, 0.1) is 41.5 Å². The van der Waals surface area contributed by atoms with E-state index in [4.69, 9.17) is 9.16 Å². The van der Waals surface area contributed by atoms with Gasteiger partial charge in [0.2, 0.25) is 0 Å². The van der Waals surface area contributed by atoms with Gasteiger partial charge in [0, 0.05) is 23.6 Å². The first-order valence-electron chi connectivity index (χ1n) is 13.2. The molecule has 1 aliphatic rings. The molecule has 208 valence electrons. The van der Waals surface area contributed by atoms with Gasteiger partial charge >= 0.3 is 6.09 Å². The van der Waals surface area contributed by atoms with Crippen LogP contribution < -0.4 is 5.32 Å². The van der Waals surface area contributed by atoms with Crippen LogP contribution >= 0.6 is 0 Å². The van der Waals surface area contributed by atoms with Gasteiger partial charge in [0.25, 0.3) is 0 Å². The van der Waals surface area contributed by atoms with Gasteiger partial charge in [-0.1, -0.05) is 26.8 Å². The summed E-state index contributed by atoms with van der Waals surface area (Å²) in [6.07, 6.45) is -0.588. The first-order valence-corrected chi connectivity index (χ1v) is 16.1. The minimum Gasteiger partial charge on any atom is -0.442 e. The fraction of sp³-hybridized carbons (Fsp3) is 0.552. The van der Waals surface area contributed by atoms with Gasteiger partial charge in [-0.2, -0.15) is 15.2 Å². The Morgan fingerprint density at radius 3 is 2.38 bits per heavy atom. The monoisotopic (exact) mass is 548 g/mol. The number of benzene rings is 1. The summed E-state index contributed by atoms with van der Waals surface area (Å²) in [6.45, 7) is 21.0. The van der Waals surface area contributed by atoms with Gasteiger partial charge in [-0.15, -0.1) is 5.10 Å². The molecule has 0 bridgehead atoms. The quantitative estimate of drug-likeness (QED) is 0.313. The second-order valence-corrected chi connectivity index (χ2v) is 17.3.